The van der Waals surface area contributed by atoms with Gasteiger partial charge < -0.3 is 10.4 Å². The zero-order valence-corrected chi connectivity index (χ0v) is 21.0. The molecule has 1 heterocycles. The van der Waals surface area contributed by atoms with E-state index < -0.39 is 11.6 Å². The molecule has 36 heavy (non-hydrogen) atoms. The van der Waals surface area contributed by atoms with Crippen molar-refractivity contribution in [3.8, 4) is 5.75 Å². The van der Waals surface area contributed by atoms with E-state index in [0.717, 1.165) is 11.1 Å². The minimum absolute atomic E-state index is 0.0781. The van der Waals surface area contributed by atoms with Gasteiger partial charge in [-0.1, -0.05) is 48.5 Å². The van der Waals surface area contributed by atoms with Gasteiger partial charge in [-0.05, 0) is 74.7 Å². The second kappa shape index (κ2) is 10.2. The van der Waals surface area contributed by atoms with Crippen LogP contribution in [0.2, 0.25) is 0 Å². The summed E-state index contributed by atoms with van der Waals surface area (Å²) in [5.74, 6) is -0.557. The monoisotopic (exact) mass is 485 g/mol. The van der Waals surface area contributed by atoms with Crippen LogP contribution in [-0.4, -0.2) is 37.5 Å². The highest BCUT2D eigenvalue weighted by Gasteiger charge is 2.35. The van der Waals surface area contributed by atoms with Gasteiger partial charge in [0.05, 0.1) is 5.52 Å². The Hall–Kier alpha value is -4.20. The van der Waals surface area contributed by atoms with E-state index in [1.165, 1.54) is 17.0 Å². The summed E-state index contributed by atoms with van der Waals surface area (Å²) >= 11 is 0. The van der Waals surface area contributed by atoms with E-state index in [0.29, 0.717) is 23.2 Å². The highest BCUT2D eigenvalue weighted by molar-refractivity contribution is 6.01. The maximum Gasteiger partial charge on any atom is 0.249 e. The van der Waals surface area contributed by atoms with Crippen LogP contribution in [0.3, 0.4) is 0 Å². The number of anilines is 1. The Labute approximate surface area is 210 Å². The number of phenols is 1. The van der Waals surface area contributed by atoms with Crippen molar-refractivity contribution in [3.63, 3.8) is 0 Å². The van der Waals surface area contributed by atoms with Gasteiger partial charge in [-0.2, -0.15) is 0 Å². The van der Waals surface area contributed by atoms with Crippen molar-refractivity contribution in [2.24, 2.45) is 0 Å². The molecular weight excluding hydrogens is 454 g/mol. The van der Waals surface area contributed by atoms with Crippen molar-refractivity contribution in [2.75, 3.05) is 4.90 Å². The highest BCUT2D eigenvalue weighted by Crippen LogP contribution is 2.31. The molecule has 0 unspecified atom stereocenters. The molecule has 0 spiro atoms. The van der Waals surface area contributed by atoms with Crippen LogP contribution < -0.4 is 10.2 Å². The van der Waals surface area contributed by atoms with Crippen LogP contribution in [0.15, 0.2) is 72.8 Å². The lowest BCUT2D eigenvalue weighted by Gasteiger charge is -2.34. The van der Waals surface area contributed by atoms with Crippen molar-refractivity contribution < 1.29 is 14.7 Å². The third kappa shape index (κ3) is 5.38. The minimum atomic E-state index is -0.972. The van der Waals surface area contributed by atoms with Gasteiger partial charge in [-0.15, -0.1) is 5.10 Å². The van der Waals surface area contributed by atoms with E-state index in [4.69, 9.17) is 0 Å². The SMILES string of the molecule is CCC(C)(C)NC(=O)[C@H](c1ccc(O)cc1)N(C(=O)Cn1nnc2ccccc21)c1cccc(C)c1. The number of para-hydroxylation sites is 1. The van der Waals surface area contributed by atoms with E-state index in [1.54, 1.807) is 16.8 Å². The fourth-order valence-electron chi connectivity index (χ4n) is 4.02. The molecular formula is C28H31N5O3. The van der Waals surface area contributed by atoms with Crippen molar-refractivity contribution in [1.29, 1.82) is 0 Å². The predicted molar refractivity (Wildman–Crippen MR) is 140 cm³/mol. The molecule has 0 fully saturated rings. The first-order valence-electron chi connectivity index (χ1n) is 12.0. The van der Waals surface area contributed by atoms with Gasteiger partial charge in [0, 0.05) is 11.2 Å². The van der Waals surface area contributed by atoms with E-state index >= 15 is 0 Å². The molecule has 8 heteroatoms. The molecule has 2 amide bonds. The van der Waals surface area contributed by atoms with E-state index in [-0.39, 0.29) is 24.1 Å². The largest absolute Gasteiger partial charge is 0.508 e. The number of hydrogen-bond acceptors (Lipinski definition) is 5. The topological polar surface area (TPSA) is 100 Å². The van der Waals surface area contributed by atoms with Gasteiger partial charge in [-0.25, -0.2) is 4.68 Å². The summed E-state index contributed by atoms with van der Waals surface area (Å²) in [6.07, 6.45) is 0.713. The number of aromatic nitrogens is 3. The third-order valence-electron chi connectivity index (χ3n) is 6.31. The molecule has 4 rings (SSSR count). The molecule has 0 radical (unpaired) electrons. The summed E-state index contributed by atoms with van der Waals surface area (Å²) in [7, 11) is 0. The maximum absolute atomic E-state index is 14.0. The third-order valence-corrected chi connectivity index (χ3v) is 6.31. The molecule has 8 nitrogen and oxygen atoms in total. The van der Waals surface area contributed by atoms with Gasteiger partial charge >= 0.3 is 0 Å². The first kappa shape index (κ1) is 24.9. The summed E-state index contributed by atoms with van der Waals surface area (Å²) in [5, 5.41) is 21.3. The van der Waals surface area contributed by atoms with Crippen LogP contribution in [0.1, 0.15) is 44.4 Å². The molecule has 186 valence electrons. The highest BCUT2D eigenvalue weighted by atomic mass is 16.3. The molecule has 2 N–H and O–H groups in total. The zero-order valence-electron chi connectivity index (χ0n) is 21.0. The number of phenolic OH excluding ortho intramolecular Hbond substituents is 1. The van der Waals surface area contributed by atoms with Crippen LogP contribution in [0.5, 0.6) is 5.75 Å². The fraction of sp³-hybridized carbons (Fsp3) is 0.286. The van der Waals surface area contributed by atoms with Crippen LogP contribution in [-0.2, 0) is 16.1 Å². The quantitative estimate of drug-likeness (QED) is 0.382. The Morgan fingerprint density at radius 1 is 1.06 bits per heavy atom. The Kier molecular flexibility index (Phi) is 7.05. The summed E-state index contributed by atoms with van der Waals surface area (Å²) < 4.78 is 1.54. The Morgan fingerprint density at radius 2 is 1.78 bits per heavy atom. The summed E-state index contributed by atoms with van der Waals surface area (Å²) in [4.78, 5) is 29.3. The number of carbonyl (C=O) groups excluding carboxylic acids is 2. The number of benzene rings is 3. The number of fused-ring (bicyclic) bond motifs is 1. The second-order valence-corrected chi connectivity index (χ2v) is 9.56. The number of hydrogen-bond donors (Lipinski definition) is 2. The van der Waals surface area contributed by atoms with Gasteiger partial charge in [0.2, 0.25) is 11.8 Å². The van der Waals surface area contributed by atoms with E-state index in [1.807, 2.05) is 76.2 Å². The van der Waals surface area contributed by atoms with Crippen LogP contribution >= 0.6 is 0 Å². The van der Waals surface area contributed by atoms with Crippen LogP contribution in [0.4, 0.5) is 5.69 Å². The van der Waals surface area contributed by atoms with Crippen LogP contribution in [0, 0.1) is 6.92 Å². The molecule has 1 aromatic heterocycles. The first-order chi connectivity index (χ1) is 17.2. The number of rotatable bonds is 8. The molecule has 3 aromatic carbocycles. The molecule has 0 saturated carbocycles. The average Bonchev–Trinajstić information content (AvgIpc) is 3.25. The molecule has 0 saturated heterocycles. The van der Waals surface area contributed by atoms with Gasteiger partial charge in [0.1, 0.15) is 23.9 Å². The summed E-state index contributed by atoms with van der Waals surface area (Å²) in [6.45, 7) is 7.72. The summed E-state index contributed by atoms with van der Waals surface area (Å²) in [6, 6.07) is 20.3. The molecule has 1 atom stereocenters. The molecule has 0 aliphatic heterocycles. The zero-order chi connectivity index (χ0) is 25.9. The second-order valence-electron chi connectivity index (χ2n) is 9.56. The van der Waals surface area contributed by atoms with Gasteiger partial charge in [-0.3, -0.25) is 14.5 Å². The number of carbonyl (C=O) groups is 2. The van der Waals surface area contributed by atoms with E-state index in [2.05, 4.69) is 15.6 Å². The maximum atomic E-state index is 14.0. The van der Waals surface area contributed by atoms with Gasteiger partial charge in [0.15, 0.2) is 0 Å². The molecule has 0 bridgehead atoms. The number of aryl methyl sites for hydroxylation is 1. The van der Waals surface area contributed by atoms with Crippen molar-refractivity contribution in [1.82, 2.24) is 20.3 Å². The number of aromatic hydroxyl groups is 1. The Balaban J connectivity index is 1.82. The van der Waals surface area contributed by atoms with Crippen molar-refractivity contribution in [2.45, 2.75) is 52.2 Å². The van der Waals surface area contributed by atoms with Crippen molar-refractivity contribution >= 4 is 28.5 Å². The van der Waals surface area contributed by atoms with Gasteiger partial charge in [0.25, 0.3) is 0 Å². The number of amides is 2. The van der Waals surface area contributed by atoms with Crippen LogP contribution in [0.25, 0.3) is 11.0 Å². The molecule has 4 aromatic rings. The smallest absolute Gasteiger partial charge is 0.249 e. The lowest BCUT2D eigenvalue weighted by Crippen LogP contribution is -2.51. The lowest BCUT2D eigenvalue weighted by molar-refractivity contribution is -0.128. The standard InChI is InChI=1S/C28H31N5O3/c1-5-28(3,4)29-27(36)26(20-13-15-22(34)16-14-20)33(21-10-8-9-19(2)17-21)25(35)18-32-24-12-7-6-11-23(24)30-31-32/h6-17,26,34H,5,18H2,1-4H3,(H,29,36)/t26-/m0/s1. The average molecular weight is 486 g/mol. The number of nitrogens with one attached hydrogen (secondary N) is 1. The fourth-order valence-corrected chi connectivity index (χ4v) is 4.02. The Bertz CT molecular complexity index is 1380. The van der Waals surface area contributed by atoms with Crippen molar-refractivity contribution in [3.05, 3.63) is 83.9 Å². The lowest BCUT2D eigenvalue weighted by atomic mass is 9.98. The predicted octanol–water partition coefficient (Wildman–Crippen LogP) is 4.52. The molecule has 0 aliphatic carbocycles. The first-order valence-corrected chi connectivity index (χ1v) is 12.0. The number of nitrogens with zero attached hydrogens (tertiary/aromatic N) is 4. The molecule has 0 aliphatic rings. The Morgan fingerprint density at radius 3 is 2.47 bits per heavy atom. The van der Waals surface area contributed by atoms with E-state index in [9.17, 15) is 14.7 Å². The minimum Gasteiger partial charge on any atom is -0.508 e. The summed E-state index contributed by atoms with van der Waals surface area (Å²) in [5.41, 5.74) is 3.06. The normalized spacial score (nSPS) is 12.3.